The van der Waals surface area contributed by atoms with Gasteiger partial charge >= 0.3 is 0 Å². The molecule has 0 aromatic heterocycles. The summed E-state index contributed by atoms with van der Waals surface area (Å²) in [5, 5.41) is 14.5. The molecule has 2 heterocycles. The second-order valence-electron chi connectivity index (χ2n) is 6.48. The number of hydrogen-bond donors (Lipinski definition) is 2. The van der Waals surface area contributed by atoms with Gasteiger partial charge in [-0.1, -0.05) is 0 Å². The Kier molecular flexibility index (Phi) is 3.14. The maximum absolute atomic E-state index is 11.0. The van der Waals surface area contributed by atoms with E-state index in [1.54, 1.807) is 14.2 Å². The third kappa shape index (κ3) is 1.92. The fourth-order valence-corrected chi connectivity index (χ4v) is 4.21. The van der Waals surface area contributed by atoms with E-state index < -0.39 is 6.10 Å². The van der Waals surface area contributed by atoms with Crippen molar-refractivity contribution >= 4 is 0 Å². The van der Waals surface area contributed by atoms with Gasteiger partial charge in [0.05, 0.1) is 26.4 Å². The maximum Gasteiger partial charge on any atom is 0.231 e. The van der Waals surface area contributed by atoms with Crippen molar-refractivity contribution in [3.63, 3.8) is 0 Å². The average Bonchev–Trinajstić information content (AvgIpc) is 3.11. The molecular formula is C19H19NO5. The van der Waals surface area contributed by atoms with Gasteiger partial charge in [0.2, 0.25) is 6.79 Å². The van der Waals surface area contributed by atoms with Crippen LogP contribution in [0.15, 0.2) is 18.2 Å². The number of ether oxygens (including phenoxy) is 4. The van der Waals surface area contributed by atoms with E-state index in [-0.39, 0.29) is 12.8 Å². The standard InChI is InChI=1S/C19H19NO5/c1-22-12-6-10-11(7-13(12)23-2)18(21)17-15-9(3-4-20-17)5-14-19(16(10)15)25-8-24-14/h5-7,17-18,20-21H,3-4,8H2,1-2H3/t17-,18+/m0/s1. The van der Waals surface area contributed by atoms with Crippen molar-refractivity contribution in [1.82, 2.24) is 5.32 Å². The number of nitrogens with one attached hydrogen (secondary N) is 1. The molecule has 2 N–H and O–H groups in total. The molecule has 130 valence electrons. The molecule has 0 saturated heterocycles. The van der Waals surface area contributed by atoms with E-state index in [1.807, 2.05) is 18.2 Å². The van der Waals surface area contributed by atoms with Crippen LogP contribution in [0.1, 0.15) is 28.8 Å². The second-order valence-corrected chi connectivity index (χ2v) is 6.48. The first kappa shape index (κ1) is 14.9. The normalized spacial score (nSPS) is 22.2. The molecule has 0 amide bonds. The lowest BCUT2D eigenvalue weighted by Gasteiger charge is -2.38. The molecule has 6 nitrogen and oxygen atoms in total. The molecule has 3 aliphatic rings. The molecule has 2 aromatic carbocycles. The number of aliphatic hydroxyl groups is 1. The van der Waals surface area contributed by atoms with Gasteiger partial charge in [0.15, 0.2) is 23.0 Å². The zero-order chi connectivity index (χ0) is 17.1. The number of hydrogen-bond acceptors (Lipinski definition) is 6. The predicted molar refractivity (Wildman–Crippen MR) is 90.5 cm³/mol. The average molecular weight is 341 g/mol. The smallest absolute Gasteiger partial charge is 0.231 e. The van der Waals surface area contributed by atoms with E-state index in [4.69, 9.17) is 18.9 Å². The third-order valence-corrected chi connectivity index (χ3v) is 5.32. The van der Waals surface area contributed by atoms with Gasteiger partial charge in [-0.05, 0) is 53.4 Å². The van der Waals surface area contributed by atoms with Crippen LogP contribution >= 0.6 is 0 Å². The van der Waals surface area contributed by atoms with Crippen molar-refractivity contribution in [3.05, 3.63) is 34.9 Å². The van der Waals surface area contributed by atoms with Gasteiger partial charge in [0, 0.05) is 5.56 Å². The molecule has 0 unspecified atom stereocenters. The maximum atomic E-state index is 11.0. The lowest BCUT2D eigenvalue weighted by Crippen LogP contribution is -2.36. The van der Waals surface area contributed by atoms with Crippen LogP contribution in [-0.2, 0) is 6.42 Å². The van der Waals surface area contributed by atoms with Crippen LogP contribution in [0.2, 0.25) is 0 Å². The molecule has 25 heavy (non-hydrogen) atoms. The van der Waals surface area contributed by atoms with Crippen molar-refractivity contribution in [3.8, 4) is 34.1 Å². The minimum absolute atomic E-state index is 0.168. The van der Waals surface area contributed by atoms with Crippen LogP contribution < -0.4 is 24.3 Å². The van der Waals surface area contributed by atoms with Crippen LogP contribution in [0.25, 0.3) is 11.1 Å². The highest BCUT2D eigenvalue weighted by molar-refractivity contribution is 5.85. The Hall–Kier alpha value is -2.44. The summed E-state index contributed by atoms with van der Waals surface area (Å²) in [6, 6.07) is 5.65. The minimum atomic E-state index is -0.665. The Morgan fingerprint density at radius 2 is 1.92 bits per heavy atom. The predicted octanol–water partition coefficient (Wildman–Crippen LogP) is 2.33. The zero-order valence-corrected chi connectivity index (χ0v) is 14.1. The Morgan fingerprint density at radius 3 is 2.72 bits per heavy atom. The van der Waals surface area contributed by atoms with E-state index in [0.29, 0.717) is 11.5 Å². The van der Waals surface area contributed by atoms with Gasteiger partial charge in [-0.25, -0.2) is 0 Å². The fourth-order valence-electron chi connectivity index (χ4n) is 4.21. The second kappa shape index (κ2) is 5.28. The summed E-state index contributed by atoms with van der Waals surface area (Å²) in [7, 11) is 3.21. The third-order valence-electron chi connectivity index (χ3n) is 5.32. The molecule has 0 radical (unpaired) electrons. The minimum Gasteiger partial charge on any atom is -0.493 e. The fraction of sp³-hybridized carbons (Fsp3) is 0.368. The summed E-state index contributed by atoms with van der Waals surface area (Å²) < 4.78 is 22.3. The molecule has 2 atom stereocenters. The topological polar surface area (TPSA) is 69.2 Å². The van der Waals surface area contributed by atoms with Crippen molar-refractivity contribution in [2.45, 2.75) is 18.6 Å². The summed E-state index contributed by atoms with van der Waals surface area (Å²) in [5.41, 5.74) is 5.00. The van der Waals surface area contributed by atoms with Crippen LogP contribution in [0.3, 0.4) is 0 Å². The Bertz CT molecular complexity index is 879. The summed E-state index contributed by atoms with van der Waals surface area (Å²) >= 11 is 0. The van der Waals surface area contributed by atoms with Gasteiger partial charge in [0.1, 0.15) is 0 Å². The van der Waals surface area contributed by atoms with Crippen LogP contribution in [-0.4, -0.2) is 32.7 Å². The molecule has 0 spiro atoms. The van der Waals surface area contributed by atoms with E-state index >= 15 is 0 Å². The van der Waals surface area contributed by atoms with Crippen molar-refractivity contribution < 1.29 is 24.1 Å². The summed E-state index contributed by atoms with van der Waals surface area (Å²) in [6.07, 6.45) is 0.229. The molecule has 6 heteroatoms. The van der Waals surface area contributed by atoms with Crippen molar-refractivity contribution in [2.24, 2.45) is 0 Å². The molecule has 0 fully saturated rings. The van der Waals surface area contributed by atoms with Gasteiger partial charge < -0.3 is 29.4 Å². The zero-order valence-electron chi connectivity index (χ0n) is 14.1. The van der Waals surface area contributed by atoms with Gasteiger partial charge in [-0.2, -0.15) is 0 Å². The Labute approximate surface area is 145 Å². The number of benzene rings is 2. The summed E-state index contributed by atoms with van der Waals surface area (Å²) in [4.78, 5) is 0. The SMILES string of the molecule is COc1cc2c(cc1OC)[C@@H](O)[C@H]1NCCc3cc4c(c-2c31)OCO4. The number of rotatable bonds is 2. The van der Waals surface area contributed by atoms with E-state index in [2.05, 4.69) is 5.32 Å². The quantitative estimate of drug-likeness (QED) is 0.874. The highest BCUT2D eigenvalue weighted by Gasteiger charge is 2.40. The van der Waals surface area contributed by atoms with Crippen molar-refractivity contribution in [2.75, 3.05) is 27.6 Å². The number of fused-ring (bicyclic) bond motifs is 4. The number of aliphatic hydroxyl groups excluding tert-OH is 1. The molecule has 0 saturated carbocycles. The van der Waals surface area contributed by atoms with Gasteiger partial charge in [0.25, 0.3) is 0 Å². The van der Waals surface area contributed by atoms with Crippen LogP contribution in [0.4, 0.5) is 0 Å². The largest absolute Gasteiger partial charge is 0.493 e. The van der Waals surface area contributed by atoms with Crippen molar-refractivity contribution in [1.29, 1.82) is 0 Å². The monoisotopic (exact) mass is 341 g/mol. The van der Waals surface area contributed by atoms with Crippen LogP contribution in [0, 0.1) is 0 Å². The first-order valence-electron chi connectivity index (χ1n) is 8.36. The van der Waals surface area contributed by atoms with Gasteiger partial charge in [-0.3, -0.25) is 0 Å². The Morgan fingerprint density at radius 1 is 1.12 bits per heavy atom. The summed E-state index contributed by atoms with van der Waals surface area (Å²) in [6.45, 7) is 1.03. The molecular weight excluding hydrogens is 322 g/mol. The first-order valence-corrected chi connectivity index (χ1v) is 8.36. The first-order chi connectivity index (χ1) is 12.2. The van der Waals surface area contributed by atoms with Gasteiger partial charge in [-0.15, -0.1) is 0 Å². The highest BCUT2D eigenvalue weighted by atomic mass is 16.7. The number of methoxy groups -OCH3 is 2. The summed E-state index contributed by atoms with van der Waals surface area (Å²) in [5.74, 6) is 2.74. The van der Waals surface area contributed by atoms with Crippen LogP contribution in [0.5, 0.6) is 23.0 Å². The van der Waals surface area contributed by atoms with E-state index in [1.165, 1.54) is 5.56 Å². The Balaban J connectivity index is 1.86. The van der Waals surface area contributed by atoms with E-state index in [0.717, 1.165) is 46.7 Å². The molecule has 1 aliphatic carbocycles. The molecule has 5 rings (SSSR count). The lowest BCUT2D eigenvalue weighted by molar-refractivity contribution is 0.123. The highest BCUT2D eigenvalue weighted by Crippen LogP contribution is 2.56. The molecule has 2 aromatic rings. The lowest BCUT2D eigenvalue weighted by atomic mass is 9.75. The molecule has 0 bridgehead atoms. The van der Waals surface area contributed by atoms with E-state index in [9.17, 15) is 5.11 Å². The molecule has 2 aliphatic heterocycles.